The summed E-state index contributed by atoms with van der Waals surface area (Å²) in [5.74, 6) is 1.44. The molecule has 7 heteroatoms. The Morgan fingerprint density at radius 2 is 1.81 bits per heavy atom. The molecule has 1 amide bonds. The maximum absolute atomic E-state index is 11.8. The third kappa shape index (κ3) is 3.03. The van der Waals surface area contributed by atoms with E-state index in [1.54, 1.807) is 4.90 Å². The lowest BCUT2D eigenvalue weighted by molar-refractivity contribution is 0.145. The zero-order chi connectivity index (χ0) is 14.8. The van der Waals surface area contributed by atoms with Crippen molar-refractivity contribution in [3.8, 4) is 0 Å². The smallest absolute Gasteiger partial charge is 0.414 e. The molecule has 0 spiro atoms. The number of hydrogen-bond donors (Lipinski definition) is 1. The van der Waals surface area contributed by atoms with E-state index in [0.29, 0.717) is 13.1 Å². The van der Waals surface area contributed by atoms with Crippen molar-refractivity contribution in [1.82, 2.24) is 0 Å². The Bertz CT molecular complexity index is 539. The van der Waals surface area contributed by atoms with Crippen molar-refractivity contribution in [2.75, 3.05) is 47.5 Å². The predicted octanol–water partition coefficient (Wildman–Crippen LogP) is 0.539. The number of benzene rings is 1. The molecule has 0 aliphatic carbocycles. The van der Waals surface area contributed by atoms with Crippen LogP contribution in [0, 0.1) is 0 Å². The van der Waals surface area contributed by atoms with E-state index >= 15 is 0 Å². The van der Waals surface area contributed by atoms with Gasteiger partial charge in [-0.2, -0.15) is 0 Å². The standard InChI is InChI=1S/C14H19N3O3S/c15-9-13-10-17(14(18)20-13)12-3-1-11(2-4-12)16-5-7-21(19)8-6-16/h1-4,13H,5-10,15H2. The van der Waals surface area contributed by atoms with Crippen molar-refractivity contribution in [2.24, 2.45) is 5.73 Å². The molecule has 3 rings (SSSR count). The van der Waals surface area contributed by atoms with Crippen LogP contribution in [0.25, 0.3) is 0 Å². The molecule has 0 radical (unpaired) electrons. The maximum Gasteiger partial charge on any atom is 0.414 e. The lowest BCUT2D eigenvalue weighted by atomic mass is 10.2. The molecule has 6 nitrogen and oxygen atoms in total. The fourth-order valence-electron chi connectivity index (χ4n) is 2.59. The van der Waals surface area contributed by atoms with Crippen molar-refractivity contribution in [2.45, 2.75) is 6.10 Å². The van der Waals surface area contributed by atoms with Crippen LogP contribution in [-0.2, 0) is 15.5 Å². The van der Waals surface area contributed by atoms with Crippen molar-refractivity contribution >= 4 is 28.3 Å². The quantitative estimate of drug-likeness (QED) is 0.882. The lowest BCUT2D eigenvalue weighted by Gasteiger charge is -2.28. The molecule has 1 aromatic carbocycles. The molecule has 1 unspecified atom stereocenters. The first-order valence-corrected chi connectivity index (χ1v) is 8.54. The van der Waals surface area contributed by atoms with Gasteiger partial charge in [0, 0.05) is 53.3 Å². The monoisotopic (exact) mass is 309 g/mol. The van der Waals surface area contributed by atoms with Crippen molar-refractivity contribution in [3.63, 3.8) is 0 Å². The second-order valence-electron chi connectivity index (χ2n) is 5.20. The van der Waals surface area contributed by atoms with E-state index in [1.807, 2.05) is 24.3 Å². The predicted molar refractivity (Wildman–Crippen MR) is 83.2 cm³/mol. The highest BCUT2D eigenvalue weighted by molar-refractivity contribution is 7.85. The normalized spacial score (nSPS) is 23.5. The highest BCUT2D eigenvalue weighted by atomic mass is 32.2. The zero-order valence-electron chi connectivity index (χ0n) is 11.7. The minimum Gasteiger partial charge on any atom is -0.443 e. The third-order valence-corrected chi connectivity index (χ3v) is 5.12. The Morgan fingerprint density at radius 3 is 2.38 bits per heavy atom. The van der Waals surface area contributed by atoms with Gasteiger partial charge in [0.25, 0.3) is 0 Å². The van der Waals surface area contributed by atoms with Gasteiger partial charge in [-0.1, -0.05) is 0 Å². The van der Waals surface area contributed by atoms with Gasteiger partial charge in [-0.05, 0) is 24.3 Å². The van der Waals surface area contributed by atoms with Crippen molar-refractivity contribution in [1.29, 1.82) is 0 Å². The van der Waals surface area contributed by atoms with E-state index in [-0.39, 0.29) is 12.2 Å². The van der Waals surface area contributed by atoms with Crippen molar-refractivity contribution in [3.05, 3.63) is 24.3 Å². The zero-order valence-corrected chi connectivity index (χ0v) is 12.6. The van der Waals surface area contributed by atoms with Gasteiger partial charge < -0.3 is 15.4 Å². The fourth-order valence-corrected chi connectivity index (χ4v) is 3.65. The number of anilines is 2. The van der Waals surface area contributed by atoms with E-state index in [4.69, 9.17) is 10.5 Å². The summed E-state index contributed by atoms with van der Waals surface area (Å²) in [4.78, 5) is 15.6. The van der Waals surface area contributed by atoms with E-state index < -0.39 is 10.8 Å². The number of nitrogens with two attached hydrogens (primary N) is 1. The number of amides is 1. The number of hydrogen-bond acceptors (Lipinski definition) is 5. The largest absolute Gasteiger partial charge is 0.443 e. The van der Waals surface area contributed by atoms with Crippen molar-refractivity contribution < 1.29 is 13.7 Å². The van der Waals surface area contributed by atoms with Crippen LogP contribution in [0.15, 0.2) is 24.3 Å². The van der Waals surface area contributed by atoms with Gasteiger partial charge in [0.15, 0.2) is 0 Å². The summed E-state index contributed by atoms with van der Waals surface area (Å²) < 4.78 is 16.5. The molecule has 2 heterocycles. The number of rotatable bonds is 3. The lowest BCUT2D eigenvalue weighted by Crippen LogP contribution is -2.37. The highest BCUT2D eigenvalue weighted by Gasteiger charge is 2.31. The molecule has 2 aliphatic heterocycles. The van der Waals surface area contributed by atoms with Crippen LogP contribution < -0.4 is 15.5 Å². The molecule has 0 bridgehead atoms. The van der Waals surface area contributed by atoms with E-state index in [2.05, 4.69) is 4.90 Å². The third-order valence-electron chi connectivity index (χ3n) is 3.84. The van der Waals surface area contributed by atoms with Gasteiger partial charge in [-0.3, -0.25) is 9.11 Å². The molecule has 1 aromatic rings. The van der Waals surface area contributed by atoms with E-state index in [0.717, 1.165) is 36.0 Å². The average Bonchev–Trinajstić information content (AvgIpc) is 2.89. The summed E-state index contributed by atoms with van der Waals surface area (Å²) in [5.41, 5.74) is 7.45. The summed E-state index contributed by atoms with van der Waals surface area (Å²) in [6, 6.07) is 7.82. The molecule has 2 fully saturated rings. The molecule has 114 valence electrons. The minimum atomic E-state index is -0.674. The molecule has 1 atom stereocenters. The first kappa shape index (κ1) is 14.3. The molecular formula is C14H19N3O3S. The molecular weight excluding hydrogens is 290 g/mol. The van der Waals surface area contributed by atoms with Crippen LogP contribution >= 0.6 is 0 Å². The SMILES string of the molecule is NCC1CN(c2ccc(N3CCS(=O)CC3)cc2)C(=O)O1. The number of carbonyl (C=O) groups excluding carboxylic acids is 1. The molecule has 2 saturated heterocycles. The summed E-state index contributed by atoms with van der Waals surface area (Å²) in [6.45, 7) is 2.46. The number of ether oxygens (including phenoxy) is 1. The molecule has 0 saturated carbocycles. The second-order valence-corrected chi connectivity index (χ2v) is 6.90. The molecule has 0 aromatic heterocycles. The Labute approximate surface area is 126 Å². The Hall–Kier alpha value is -1.60. The molecule has 2 N–H and O–H groups in total. The minimum absolute atomic E-state index is 0.228. The maximum atomic E-state index is 11.8. The highest BCUT2D eigenvalue weighted by Crippen LogP contribution is 2.25. The van der Waals surface area contributed by atoms with E-state index in [1.165, 1.54) is 0 Å². The summed E-state index contributed by atoms with van der Waals surface area (Å²) in [7, 11) is -0.674. The second kappa shape index (κ2) is 6.03. The molecule has 2 aliphatic rings. The number of nitrogens with zero attached hydrogens (tertiary/aromatic N) is 2. The summed E-state index contributed by atoms with van der Waals surface area (Å²) >= 11 is 0. The van der Waals surface area contributed by atoms with Crippen LogP contribution in [0.3, 0.4) is 0 Å². The Morgan fingerprint density at radius 1 is 1.19 bits per heavy atom. The van der Waals surface area contributed by atoms with Gasteiger partial charge in [0.1, 0.15) is 6.10 Å². The van der Waals surface area contributed by atoms with Gasteiger partial charge in [-0.15, -0.1) is 0 Å². The van der Waals surface area contributed by atoms with E-state index in [9.17, 15) is 9.00 Å². The van der Waals surface area contributed by atoms with Crippen LogP contribution in [0.5, 0.6) is 0 Å². The number of carbonyl (C=O) groups is 1. The van der Waals surface area contributed by atoms with Crippen LogP contribution in [0.4, 0.5) is 16.2 Å². The first-order chi connectivity index (χ1) is 10.2. The average molecular weight is 309 g/mol. The summed E-state index contributed by atoms with van der Waals surface area (Å²) in [5, 5.41) is 0. The van der Waals surface area contributed by atoms with Crippen LogP contribution in [-0.4, -0.2) is 54.1 Å². The summed E-state index contributed by atoms with van der Waals surface area (Å²) in [6.07, 6.45) is -0.569. The first-order valence-electron chi connectivity index (χ1n) is 7.05. The number of cyclic esters (lactones) is 1. The Balaban J connectivity index is 1.69. The van der Waals surface area contributed by atoms with Gasteiger partial charge in [0.05, 0.1) is 6.54 Å². The Kier molecular flexibility index (Phi) is 4.12. The van der Waals surface area contributed by atoms with Crippen LogP contribution in [0.2, 0.25) is 0 Å². The van der Waals surface area contributed by atoms with Gasteiger partial charge in [-0.25, -0.2) is 4.79 Å². The van der Waals surface area contributed by atoms with Gasteiger partial charge >= 0.3 is 6.09 Å². The van der Waals surface area contributed by atoms with Crippen LogP contribution in [0.1, 0.15) is 0 Å². The fraction of sp³-hybridized carbons (Fsp3) is 0.500. The topological polar surface area (TPSA) is 75.9 Å². The van der Waals surface area contributed by atoms with Gasteiger partial charge in [0.2, 0.25) is 0 Å². The molecule has 21 heavy (non-hydrogen) atoms.